The number of halogens is 1. The minimum absolute atomic E-state index is 0.0824. The molecule has 19 heavy (non-hydrogen) atoms. The summed E-state index contributed by atoms with van der Waals surface area (Å²) in [4.78, 5) is 25.1. The first kappa shape index (κ1) is 12.3. The summed E-state index contributed by atoms with van der Waals surface area (Å²) in [5.41, 5.74) is 0.635. The predicted molar refractivity (Wildman–Crippen MR) is 66.7 cm³/mol. The molecule has 3 rings (SSSR count). The summed E-state index contributed by atoms with van der Waals surface area (Å²) in [7, 11) is 0. The number of hydrogen-bond acceptors (Lipinski definition) is 3. The van der Waals surface area contributed by atoms with Gasteiger partial charge in [-0.05, 0) is 38.0 Å². The highest BCUT2D eigenvalue weighted by Gasteiger charge is 2.38. The smallest absolute Gasteiger partial charge is 0.299 e. The van der Waals surface area contributed by atoms with Crippen LogP contribution in [0.4, 0.5) is 10.1 Å². The van der Waals surface area contributed by atoms with Gasteiger partial charge in [0.25, 0.3) is 11.7 Å². The third-order valence-electron chi connectivity index (χ3n) is 3.64. The van der Waals surface area contributed by atoms with E-state index in [0.717, 1.165) is 12.8 Å². The highest BCUT2D eigenvalue weighted by atomic mass is 19.1. The van der Waals surface area contributed by atoms with E-state index in [1.165, 1.54) is 23.1 Å². The van der Waals surface area contributed by atoms with E-state index in [1.54, 1.807) is 0 Å². The zero-order chi connectivity index (χ0) is 13.6. The van der Waals surface area contributed by atoms with Crippen molar-refractivity contribution in [3.63, 3.8) is 0 Å². The van der Waals surface area contributed by atoms with Gasteiger partial charge in [-0.2, -0.15) is 0 Å². The average Bonchev–Trinajstić information content (AvgIpc) is 2.88. The molecule has 1 amide bonds. The molecule has 2 heterocycles. The van der Waals surface area contributed by atoms with Crippen LogP contribution in [-0.4, -0.2) is 30.4 Å². The summed E-state index contributed by atoms with van der Waals surface area (Å²) in [6.45, 7) is 2.29. The number of anilines is 1. The zero-order valence-corrected chi connectivity index (χ0v) is 10.6. The maximum absolute atomic E-state index is 13.3. The van der Waals surface area contributed by atoms with E-state index in [0.29, 0.717) is 12.2 Å². The number of ether oxygens (including phenoxy) is 1. The maximum atomic E-state index is 13.3. The Balaban J connectivity index is 1.88. The number of fused-ring (bicyclic) bond motifs is 1. The number of amides is 1. The van der Waals surface area contributed by atoms with Crippen molar-refractivity contribution in [1.29, 1.82) is 0 Å². The molecule has 0 radical (unpaired) electrons. The third-order valence-corrected chi connectivity index (χ3v) is 3.64. The molecule has 0 bridgehead atoms. The maximum Gasteiger partial charge on any atom is 0.299 e. The molecule has 1 aromatic carbocycles. The fraction of sp³-hybridized carbons (Fsp3) is 0.429. The third kappa shape index (κ3) is 2.04. The van der Waals surface area contributed by atoms with Crippen LogP contribution in [0.5, 0.6) is 0 Å². The van der Waals surface area contributed by atoms with Gasteiger partial charge in [0.2, 0.25) is 0 Å². The van der Waals surface area contributed by atoms with Gasteiger partial charge < -0.3 is 9.64 Å². The van der Waals surface area contributed by atoms with Gasteiger partial charge in [0.05, 0.1) is 30.0 Å². The van der Waals surface area contributed by atoms with Gasteiger partial charge in [0.15, 0.2) is 0 Å². The van der Waals surface area contributed by atoms with Crippen molar-refractivity contribution in [3.05, 3.63) is 29.6 Å². The van der Waals surface area contributed by atoms with Gasteiger partial charge in [-0.3, -0.25) is 9.59 Å². The van der Waals surface area contributed by atoms with Crippen molar-refractivity contribution in [2.24, 2.45) is 0 Å². The van der Waals surface area contributed by atoms with Gasteiger partial charge in [-0.1, -0.05) is 0 Å². The zero-order valence-electron chi connectivity index (χ0n) is 10.6. The van der Waals surface area contributed by atoms with Gasteiger partial charge in [0.1, 0.15) is 5.82 Å². The van der Waals surface area contributed by atoms with Gasteiger partial charge >= 0.3 is 0 Å². The highest BCUT2D eigenvalue weighted by molar-refractivity contribution is 6.52. The standard InChI is InChI=1S/C14H14FNO3/c1-8-2-4-10(19-8)7-16-12-6-9(15)3-5-11(12)13(17)14(16)18/h3,5-6,8,10H,2,4,7H2,1H3. The minimum Gasteiger partial charge on any atom is -0.373 e. The topological polar surface area (TPSA) is 46.6 Å². The largest absolute Gasteiger partial charge is 0.373 e. The second-order valence-corrected chi connectivity index (χ2v) is 5.05. The number of nitrogens with zero attached hydrogens (tertiary/aromatic N) is 1. The number of benzene rings is 1. The molecule has 5 heteroatoms. The van der Waals surface area contributed by atoms with E-state index >= 15 is 0 Å². The Morgan fingerprint density at radius 1 is 1.37 bits per heavy atom. The van der Waals surface area contributed by atoms with Crippen LogP contribution in [0.3, 0.4) is 0 Å². The normalized spacial score (nSPS) is 26.1. The van der Waals surface area contributed by atoms with Crippen LogP contribution in [0.1, 0.15) is 30.1 Å². The summed E-state index contributed by atoms with van der Waals surface area (Å²) >= 11 is 0. The van der Waals surface area contributed by atoms with Crippen LogP contribution in [-0.2, 0) is 9.53 Å². The van der Waals surface area contributed by atoms with Crippen LogP contribution < -0.4 is 4.90 Å². The van der Waals surface area contributed by atoms with Gasteiger partial charge in [0, 0.05) is 0 Å². The lowest BCUT2D eigenvalue weighted by Crippen LogP contribution is -2.36. The van der Waals surface area contributed by atoms with Crippen LogP contribution in [0.15, 0.2) is 18.2 Å². The summed E-state index contributed by atoms with van der Waals surface area (Å²) < 4.78 is 18.9. The number of hydrogen-bond donors (Lipinski definition) is 0. The fourth-order valence-corrected chi connectivity index (χ4v) is 2.67. The molecule has 1 aromatic rings. The van der Waals surface area contributed by atoms with Crippen LogP contribution >= 0.6 is 0 Å². The average molecular weight is 263 g/mol. The van der Waals surface area contributed by atoms with E-state index in [-0.39, 0.29) is 17.8 Å². The molecule has 1 saturated heterocycles. The highest BCUT2D eigenvalue weighted by Crippen LogP contribution is 2.31. The van der Waals surface area contributed by atoms with Crippen molar-refractivity contribution < 1.29 is 18.7 Å². The quantitative estimate of drug-likeness (QED) is 0.766. The molecule has 0 saturated carbocycles. The van der Waals surface area contributed by atoms with Crippen LogP contribution in [0.2, 0.25) is 0 Å². The van der Waals surface area contributed by atoms with E-state index in [2.05, 4.69) is 0 Å². The molecule has 2 aliphatic rings. The molecule has 2 aliphatic heterocycles. The summed E-state index contributed by atoms with van der Waals surface area (Å²) in [5, 5.41) is 0. The molecule has 0 spiro atoms. The lowest BCUT2D eigenvalue weighted by Gasteiger charge is -2.20. The number of Topliss-reactive ketones (excluding diaryl/α,β-unsaturated/α-hetero) is 1. The fourth-order valence-electron chi connectivity index (χ4n) is 2.67. The molecule has 1 fully saturated rings. The van der Waals surface area contributed by atoms with Crippen molar-refractivity contribution in [2.45, 2.75) is 32.0 Å². The molecule has 0 aliphatic carbocycles. The molecule has 100 valence electrons. The van der Waals surface area contributed by atoms with Gasteiger partial charge in [-0.25, -0.2) is 4.39 Å². The number of carbonyl (C=O) groups is 2. The monoisotopic (exact) mass is 263 g/mol. The Labute approximate surface area is 110 Å². The molecular weight excluding hydrogens is 249 g/mol. The number of carbonyl (C=O) groups excluding carboxylic acids is 2. The Hall–Kier alpha value is -1.75. The summed E-state index contributed by atoms with van der Waals surface area (Å²) in [5.74, 6) is -1.61. The second kappa shape index (κ2) is 4.42. The lowest BCUT2D eigenvalue weighted by molar-refractivity contribution is -0.114. The number of rotatable bonds is 2. The summed E-state index contributed by atoms with van der Waals surface area (Å²) in [6.07, 6.45) is 1.88. The van der Waals surface area contributed by atoms with E-state index < -0.39 is 17.5 Å². The lowest BCUT2D eigenvalue weighted by atomic mass is 10.1. The first-order chi connectivity index (χ1) is 9.06. The number of ketones is 1. The van der Waals surface area contributed by atoms with Crippen LogP contribution in [0.25, 0.3) is 0 Å². The van der Waals surface area contributed by atoms with Crippen LogP contribution in [0, 0.1) is 5.82 Å². The first-order valence-electron chi connectivity index (χ1n) is 6.37. The van der Waals surface area contributed by atoms with Crippen molar-refractivity contribution in [2.75, 3.05) is 11.4 Å². The molecule has 0 N–H and O–H groups in total. The van der Waals surface area contributed by atoms with Gasteiger partial charge in [-0.15, -0.1) is 0 Å². The SMILES string of the molecule is CC1CCC(CN2C(=O)C(=O)c3ccc(F)cc32)O1. The molecule has 2 atom stereocenters. The Kier molecular flexibility index (Phi) is 2.86. The Bertz CT molecular complexity index is 558. The van der Waals surface area contributed by atoms with Crippen molar-refractivity contribution in [1.82, 2.24) is 0 Å². The van der Waals surface area contributed by atoms with Crippen molar-refractivity contribution >= 4 is 17.4 Å². The summed E-state index contributed by atoms with van der Waals surface area (Å²) in [6, 6.07) is 3.79. The minimum atomic E-state index is -0.594. The molecule has 4 nitrogen and oxygen atoms in total. The predicted octanol–water partition coefficient (Wildman–Crippen LogP) is 1.92. The molecular formula is C14H14FNO3. The first-order valence-corrected chi connectivity index (χ1v) is 6.37. The molecule has 2 unspecified atom stereocenters. The Morgan fingerprint density at radius 2 is 2.16 bits per heavy atom. The van der Waals surface area contributed by atoms with E-state index in [4.69, 9.17) is 4.74 Å². The second-order valence-electron chi connectivity index (χ2n) is 5.05. The van der Waals surface area contributed by atoms with E-state index in [1.807, 2.05) is 6.92 Å². The molecule has 0 aromatic heterocycles. The van der Waals surface area contributed by atoms with Crippen molar-refractivity contribution in [3.8, 4) is 0 Å². The Morgan fingerprint density at radius 3 is 2.84 bits per heavy atom. The van der Waals surface area contributed by atoms with E-state index in [9.17, 15) is 14.0 Å².